The third-order valence-electron chi connectivity index (χ3n) is 1.90. The van der Waals surface area contributed by atoms with E-state index < -0.39 is 23.1 Å². The quantitative estimate of drug-likeness (QED) is 0.620. The molecule has 0 atom stereocenters. The van der Waals surface area contributed by atoms with Gasteiger partial charge in [0.1, 0.15) is 6.07 Å². The fourth-order valence-corrected chi connectivity index (χ4v) is 1.52. The minimum atomic E-state index is -4.63. The molecule has 0 N–H and O–H groups in total. The number of hydrogen-bond donors (Lipinski definition) is 0. The van der Waals surface area contributed by atoms with Crippen molar-refractivity contribution in [2.24, 2.45) is 0 Å². The Morgan fingerprint density at radius 1 is 1.44 bits per heavy atom. The summed E-state index contributed by atoms with van der Waals surface area (Å²) in [7, 11) is 0. The van der Waals surface area contributed by atoms with E-state index in [1.807, 2.05) is 0 Å². The Labute approximate surface area is 97.8 Å². The van der Waals surface area contributed by atoms with Gasteiger partial charge in [0.25, 0.3) is 0 Å². The summed E-state index contributed by atoms with van der Waals surface area (Å²) in [5.41, 5.74) is -1.92. The van der Waals surface area contributed by atoms with Crippen LogP contribution in [0.15, 0.2) is 18.2 Å². The van der Waals surface area contributed by atoms with E-state index in [2.05, 4.69) is 15.9 Å². The second kappa shape index (κ2) is 4.66. The van der Waals surface area contributed by atoms with Gasteiger partial charge in [-0.3, -0.25) is 4.79 Å². The summed E-state index contributed by atoms with van der Waals surface area (Å²) in [6.45, 7) is 0. The highest BCUT2D eigenvalue weighted by molar-refractivity contribution is 9.09. The van der Waals surface area contributed by atoms with E-state index in [-0.39, 0.29) is 10.9 Å². The molecule has 6 heteroatoms. The standard InChI is InChI=1S/C10H5BrF3NO/c11-4-9(16)6-2-1-3-8(7(6)5-15)10(12,13)14/h1-3H,4H2. The lowest BCUT2D eigenvalue weighted by atomic mass is 9.99. The van der Waals surface area contributed by atoms with Crippen molar-refractivity contribution in [1.29, 1.82) is 5.26 Å². The molecular weight excluding hydrogens is 287 g/mol. The average molecular weight is 292 g/mol. The first-order chi connectivity index (χ1) is 7.41. The molecule has 0 aliphatic heterocycles. The molecule has 0 aliphatic carbocycles. The number of rotatable bonds is 2. The summed E-state index contributed by atoms with van der Waals surface area (Å²) >= 11 is 2.85. The van der Waals surface area contributed by atoms with Crippen molar-refractivity contribution in [3.05, 3.63) is 34.9 Å². The number of carbonyl (C=O) groups excluding carboxylic acids is 1. The number of ketones is 1. The second-order valence-electron chi connectivity index (χ2n) is 2.89. The Morgan fingerprint density at radius 3 is 2.50 bits per heavy atom. The number of carbonyl (C=O) groups is 1. The van der Waals surface area contributed by atoms with E-state index in [9.17, 15) is 18.0 Å². The molecule has 1 aromatic carbocycles. The van der Waals surface area contributed by atoms with Crippen LogP contribution >= 0.6 is 15.9 Å². The maximum atomic E-state index is 12.5. The minimum absolute atomic E-state index is 0.122. The van der Waals surface area contributed by atoms with Crippen LogP contribution in [0.1, 0.15) is 21.5 Å². The summed E-state index contributed by atoms with van der Waals surface area (Å²) in [5, 5.41) is 8.57. The van der Waals surface area contributed by atoms with Crippen LogP contribution in [0.5, 0.6) is 0 Å². The van der Waals surface area contributed by atoms with E-state index in [1.165, 1.54) is 12.1 Å². The van der Waals surface area contributed by atoms with E-state index >= 15 is 0 Å². The molecule has 1 aromatic rings. The Bertz CT molecular complexity index is 462. The van der Waals surface area contributed by atoms with Gasteiger partial charge in [-0.15, -0.1) is 0 Å². The molecule has 16 heavy (non-hydrogen) atoms. The van der Waals surface area contributed by atoms with Crippen molar-refractivity contribution >= 4 is 21.7 Å². The molecule has 1 rings (SSSR count). The predicted molar refractivity (Wildman–Crippen MR) is 54.3 cm³/mol. The molecule has 0 aliphatic rings. The summed E-state index contributed by atoms with van der Waals surface area (Å²) in [6.07, 6.45) is -4.63. The molecule has 0 saturated carbocycles. The van der Waals surface area contributed by atoms with E-state index in [1.54, 1.807) is 0 Å². The Morgan fingerprint density at radius 2 is 2.06 bits per heavy atom. The zero-order chi connectivity index (χ0) is 12.3. The first-order valence-electron chi connectivity index (χ1n) is 4.11. The molecule has 0 saturated heterocycles. The summed E-state index contributed by atoms with van der Waals surface area (Å²) in [6, 6.07) is 4.52. The lowest BCUT2D eigenvalue weighted by molar-refractivity contribution is -0.137. The topological polar surface area (TPSA) is 40.9 Å². The average Bonchev–Trinajstić information content (AvgIpc) is 2.25. The lowest BCUT2D eigenvalue weighted by Crippen LogP contribution is -2.12. The molecule has 0 radical (unpaired) electrons. The number of nitriles is 1. The largest absolute Gasteiger partial charge is 0.417 e. The fraction of sp³-hybridized carbons (Fsp3) is 0.200. The monoisotopic (exact) mass is 291 g/mol. The van der Waals surface area contributed by atoms with Crippen LogP contribution in [0.4, 0.5) is 13.2 Å². The van der Waals surface area contributed by atoms with Crippen LogP contribution in [0.2, 0.25) is 0 Å². The zero-order valence-electron chi connectivity index (χ0n) is 7.81. The van der Waals surface area contributed by atoms with Gasteiger partial charge in [-0.2, -0.15) is 18.4 Å². The maximum Gasteiger partial charge on any atom is 0.417 e. The third-order valence-corrected chi connectivity index (χ3v) is 2.41. The van der Waals surface area contributed by atoms with Gasteiger partial charge in [0.05, 0.1) is 16.5 Å². The third kappa shape index (κ3) is 2.42. The van der Waals surface area contributed by atoms with Gasteiger partial charge in [-0.1, -0.05) is 28.1 Å². The van der Waals surface area contributed by atoms with Crippen molar-refractivity contribution in [3.8, 4) is 6.07 Å². The number of alkyl halides is 4. The van der Waals surface area contributed by atoms with Gasteiger partial charge in [-0.05, 0) is 6.07 Å². The summed E-state index contributed by atoms with van der Waals surface area (Å²) < 4.78 is 37.5. The van der Waals surface area contributed by atoms with Crippen molar-refractivity contribution in [2.45, 2.75) is 6.18 Å². The number of Topliss-reactive ketones (excluding diaryl/α,β-unsaturated/α-hetero) is 1. The number of halogens is 4. The molecule has 0 amide bonds. The Hall–Kier alpha value is -1.35. The van der Waals surface area contributed by atoms with Gasteiger partial charge >= 0.3 is 6.18 Å². The Kier molecular flexibility index (Phi) is 3.70. The highest BCUT2D eigenvalue weighted by atomic mass is 79.9. The number of nitrogens with zero attached hydrogens (tertiary/aromatic N) is 1. The van der Waals surface area contributed by atoms with E-state index in [0.29, 0.717) is 0 Å². The van der Waals surface area contributed by atoms with Crippen LogP contribution in [0.25, 0.3) is 0 Å². The minimum Gasteiger partial charge on any atom is -0.293 e. The molecule has 0 fully saturated rings. The van der Waals surface area contributed by atoms with E-state index in [4.69, 9.17) is 5.26 Å². The lowest BCUT2D eigenvalue weighted by Gasteiger charge is -2.10. The summed E-state index contributed by atoms with van der Waals surface area (Å²) in [5.74, 6) is -0.553. The predicted octanol–water partition coefficient (Wildman–Crippen LogP) is 3.15. The molecule has 0 bridgehead atoms. The van der Waals surface area contributed by atoms with Gasteiger partial charge in [0.2, 0.25) is 0 Å². The first kappa shape index (κ1) is 12.7. The summed E-state index contributed by atoms with van der Waals surface area (Å²) in [4.78, 5) is 11.3. The smallest absolute Gasteiger partial charge is 0.293 e. The van der Waals surface area contributed by atoms with Crippen LogP contribution in [-0.4, -0.2) is 11.1 Å². The Balaban J connectivity index is 3.46. The zero-order valence-corrected chi connectivity index (χ0v) is 9.39. The molecule has 0 unspecified atom stereocenters. The van der Waals surface area contributed by atoms with Gasteiger partial charge in [0.15, 0.2) is 5.78 Å². The molecular formula is C10H5BrF3NO. The highest BCUT2D eigenvalue weighted by Crippen LogP contribution is 2.33. The molecule has 0 spiro atoms. The van der Waals surface area contributed by atoms with Crippen molar-refractivity contribution in [1.82, 2.24) is 0 Å². The van der Waals surface area contributed by atoms with Gasteiger partial charge in [0, 0.05) is 5.56 Å². The SMILES string of the molecule is N#Cc1c(C(=O)CBr)cccc1C(F)(F)F. The van der Waals surface area contributed by atoms with Crippen molar-refractivity contribution < 1.29 is 18.0 Å². The molecule has 2 nitrogen and oxygen atoms in total. The molecule has 0 heterocycles. The number of hydrogen-bond acceptors (Lipinski definition) is 2. The van der Waals surface area contributed by atoms with Gasteiger partial charge in [-0.25, -0.2) is 0 Å². The second-order valence-corrected chi connectivity index (χ2v) is 3.46. The first-order valence-corrected chi connectivity index (χ1v) is 5.23. The maximum absolute atomic E-state index is 12.5. The van der Waals surface area contributed by atoms with Crippen LogP contribution in [0.3, 0.4) is 0 Å². The van der Waals surface area contributed by atoms with Crippen molar-refractivity contribution in [3.63, 3.8) is 0 Å². The fourth-order valence-electron chi connectivity index (χ4n) is 1.21. The van der Waals surface area contributed by atoms with Gasteiger partial charge < -0.3 is 0 Å². The van der Waals surface area contributed by atoms with Crippen molar-refractivity contribution in [2.75, 3.05) is 5.33 Å². The normalized spacial score (nSPS) is 10.9. The number of benzene rings is 1. The van der Waals surface area contributed by atoms with E-state index in [0.717, 1.165) is 12.1 Å². The van der Waals surface area contributed by atoms with Crippen LogP contribution < -0.4 is 0 Å². The van der Waals surface area contributed by atoms with Crippen LogP contribution in [0, 0.1) is 11.3 Å². The molecule has 84 valence electrons. The van der Waals surface area contributed by atoms with Crippen LogP contribution in [-0.2, 0) is 6.18 Å². The highest BCUT2D eigenvalue weighted by Gasteiger charge is 2.35. The molecule has 0 aromatic heterocycles.